The van der Waals surface area contributed by atoms with Gasteiger partial charge in [0.25, 0.3) is 5.91 Å². The number of nitrogens with two attached hydrogens (primary N) is 1. The van der Waals surface area contributed by atoms with Crippen LogP contribution in [0.2, 0.25) is 5.02 Å². The summed E-state index contributed by atoms with van der Waals surface area (Å²) in [6, 6.07) is 4.86. The van der Waals surface area contributed by atoms with Crippen molar-refractivity contribution in [2.45, 2.75) is 12.8 Å². The number of esters is 1. The molecule has 0 aromatic heterocycles. The van der Waals surface area contributed by atoms with Crippen LogP contribution in [-0.2, 0) is 9.53 Å². The van der Waals surface area contributed by atoms with Gasteiger partial charge in [-0.05, 0) is 18.6 Å². The zero-order chi connectivity index (χ0) is 13.5. The van der Waals surface area contributed by atoms with E-state index in [0.29, 0.717) is 23.6 Å². The molecule has 0 fully saturated rings. The Hall–Kier alpha value is -1.75. The molecule has 0 atom stereocenters. The second kappa shape index (κ2) is 6.86. The minimum Gasteiger partial charge on any atom is -0.469 e. The number of methoxy groups -OCH3 is 1. The first-order valence-corrected chi connectivity index (χ1v) is 5.83. The van der Waals surface area contributed by atoms with Gasteiger partial charge in [-0.25, -0.2) is 0 Å². The van der Waals surface area contributed by atoms with Gasteiger partial charge < -0.3 is 15.8 Å². The molecule has 0 aliphatic heterocycles. The SMILES string of the molecule is COC(=O)CCCNC(=O)c1cccc(Cl)c1N. The second-order valence-corrected chi connectivity index (χ2v) is 4.04. The first kappa shape index (κ1) is 14.3. The van der Waals surface area contributed by atoms with E-state index in [2.05, 4.69) is 10.1 Å². The first-order valence-electron chi connectivity index (χ1n) is 5.45. The van der Waals surface area contributed by atoms with Gasteiger partial charge in [0.15, 0.2) is 0 Å². The van der Waals surface area contributed by atoms with E-state index in [4.69, 9.17) is 17.3 Å². The zero-order valence-electron chi connectivity index (χ0n) is 10.0. The molecule has 5 nitrogen and oxygen atoms in total. The Bertz CT molecular complexity index is 449. The van der Waals surface area contributed by atoms with Crippen molar-refractivity contribution in [3.63, 3.8) is 0 Å². The summed E-state index contributed by atoms with van der Waals surface area (Å²) in [5.74, 6) is -0.605. The Morgan fingerprint density at radius 2 is 2.17 bits per heavy atom. The van der Waals surface area contributed by atoms with Crippen LogP contribution in [0.5, 0.6) is 0 Å². The predicted octanol–water partition coefficient (Wildman–Crippen LogP) is 1.61. The van der Waals surface area contributed by atoms with Crippen LogP contribution in [0.15, 0.2) is 18.2 Å². The van der Waals surface area contributed by atoms with Crippen molar-refractivity contribution in [2.75, 3.05) is 19.4 Å². The molecule has 0 spiro atoms. The lowest BCUT2D eigenvalue weighted by molar-refractivity contribution is -0.140. The summed E-state index contributed by atoms with van der Waals surface area (Å²) in [4.78, 5) is 22.6. The molecule has 1 rings (SSSR count). The van der Waals surface area contributed by atoms with Gasteiger partial charge in [0.05, 0.1) is 23.4 Å². The molecule has 0 saturated carbocycles. The molecule has 0 radical (unpaired) electrons. The van der Waals surface area contributed by atoms with Crippen molar-refractivity contribution in [1.82, 2.24) is 5.32 Å². The summed E-state index contributed by atoms with van der Waals surface area (Å²) < 4.78 is 4.49. The van der Waals surface area contributed by atoms with Gasteiger partial charge in [0.2, 0.25) is 0 Å². The number of hydrogen-bond acceptors (Lipinski definition) is 4. The molecule has 1 amide bonds. The van der Waals surface area contributed by atoms with Crippen LogP contribution in [0.3, 0.4) is 0 Å². The number of ether oxygens (including phenoxy) is 1. The predicted molar refractivity (Wildman–Crippen MR) is 69.4 cm³/mol. The molecule has 18 heavy (non-hydrogen) atoms. The Kier molecular flexibility index (Phi) is 5.45. The van der Waals surface area contributed by atoms with Gasteiger partial charge in [0, 0.05) is 13.0 Å². The van der Waals surface area contributed by atoms with Gasteiger partial charge in [-0.1, -0.05) is 17.7 Å². The maximum atomic E-state index is 11.8. The van der Waals surface area contributed by atoms with E-state index in [0.717, 1.165) is 0 Å². The van der Waals surface area contributed by atoms with E-state index in [1.807, 2.05) is 0 Å². The van der Waals surface area contributed by atoms with Gasteiger partial charge in [-0.3, -0.25) is 9.59 Å². The summed E-state index contributed by atoms with van der Waals surface area (Å²) in [6.45, 7) is 0.375. The minimum absolute atomic E-state index is 0.254. The lowest BCUT2D eigenvalue weighted by Crippen LogP contribution is -2.25. The lowest BCUT2D eigenvalue weighted by Gasteiger charge is -2.08. The second-order valence-electron chi connectivity index (χ2n) is 3.64. The van der Waals surface area contributed by atoms with Crippen molar-refractivity contribution in [3.05, 3.63) is 28.8 Å². The van der Waals surface area contributed by atoms with Crippen LogP contribution in [0, 0.1) is 0 Å². The molecule has 98 valence electrons. The maximum Gasteiger partial charge on any atom is 0.305 e. The zero-order valence-corrected chi connectivity index (χ0v) is 10.8. The van der Waals surface area contributed by atoms with Crippen molar-refractivity contribution in [3.8, 4) is 0 Å². The number of carbonyl (C=O) groups is 2. The highest BCUT2D eigenvalue weighted by atomic mass is 35.5. The van der Waals surface area contributed by atoms with Crippen LogP contribution < -0.4 is 11.1 Å². The van der Waals surface area contributed by atoms with Crippen molar-refractivity contribution in [1.29, 1.82) is 0 Å². The van der Waals surface area contributed by atoms with Gasteiger partial charge in [0.1, 0.15) is 0 Å². The normalized spacial score (nSPS) is 9.89. The molecule has 1 aromatic carbocycles. The number of para-hydroxylation sites is 1. The molecule has 6 heteroatoms. The molecule has 0 aliphatic carbocycles. The number of halogens is 1. The third kappa shape index (κ3) is 3.92. The van der Waals surface area contributed by atoms with Gasteiger partial charge in [-0.15, -0.1) is 0 Å². The lowest BCUT2D eigenvalue weighted by atomic mass is 10.1. The summed E-state index contributed by atoms with van der Waals surface area (Å²) in [5, 5.41) is 3.01. The number of benzene rings is 1. The van der Waals surface area contributed by atoms with Crippen LogP contribution >= 0.6 is 11.6 Å². The van der Waals surface area contributed by atoms with Crippen molar-refractivity contribution in [2.24, 2.45) is 0 Å². The molecule has 0 saturated heterocycles. The Balaban J connectivity index is 2.46. The molecule has 1 aromatic rings. The van der Waals surface area contributed by atoms with Crippen molar-refractivity contribution < 1.29 is 14.3 Å². The highest BCUT2D eigenvalue weighted by Crippen LogP contribution is 2.22. The van der Waals surface area contributed by atoms with E-state index in [9.17, 15) is 9.59 Å². The first-order chi connectivity index (χ1) is 8.56. The molecule has 0 aliphatic rings. The molecule has 0 heterocycles. The number of hydrogen-bond donors (Lipinski definition) is 2. The molecular formula is C12H15ClN2O3. The van der Waals surface area contributed by atoms with E-state index in [1.165, 1.54) is 7.11 Å². The smallest absolute Gasteiger partial charge is 0.305 e. The number of nitrogen functional groups attached to an aromatic ring is 1. The third-order valence-corrected chi connectivity index (χ3v) is 2.70. The molecule has 0 bridgehead atoms. The topological polar surface area (TPSA) is 81.4 Å². The Morgan fingerprint density at radius 3 is 2.83 bits per heavy atom. The van der Waals surface area contributed by atoms with Gasteiger partial charge >= 0.3 is 5.97 Å². The Labute approximate surface area is 110 Å². The van der Waals surface area contributed by atoms with Crippen LogP contribution in [0.1, 0.15) is 23.2 Å². The fourth-order valence-electron chi connectivity index (χ4n) is 1.37. The minimum atomic E-state index is -0.306. The fourth-order valence-corrected chi connectivity index (χ4v) is 1.54. The summed E-state index contributed by atoms with van der Waals surface area (Å²) >= 11 is 5.81. The standard InChI is InChI=1S/C12H15ClN2O3/c1-18-10(16)6-3-7-15-12(17)8-4-2-5-9(13)11(8)14/h2,4-5H,3,6-7,14H2,1H3,(H,15,17). The average molecular weight is 271 g/mol. The number of rotatable bonds is 5. The highest BCUT2D eigenvalue weighted by molar-refractivity contribution is 6.33. The maximum absolute atomic E-state index is 11.8. The monoisotopic (exact) mass is 270 g/mol. The van der Waals surface area contributed by atoms with Crippen LogP contribution in [0.25, 0.3) is 0 Å². The molecule has 3 N–H and O–H groups in total. The molecular weight excluding hydrogens is 256 g/mol. The van der Waals surface area contributed by atoms with E-state index >= 15 is 0 Å². The summed E-state index contributed by atoms with van der Waals surface area (Å²) in [7, 11) is 1.33. The van der Waals surface area contributed by atoms with Crippen LogP contribution in [0.4, 0.5) is 5.69 Å². The largest absolute Gasteiger partial charge is 0.469 e. The molecule has 0 unspecified atom stereocenters. The quantitative estimate of drug-likeness (QED) is 0.484. The summed E-state index contributed by atoms with van der Waals surface area (Å²) in [5.41, 5.74) is 6.28. The third-order valence-electron chi connectivity index (χ3n) is 2.37. The Morgan fingerprint density at radius 1 is 1.44 bits per heavy atom. The van der Waals surface area contributed by atoms with E-state index < -0.39 is 0 Å². The summed E-state index contributed by atoms with van der Waals surface area (Å²) in [6.07, 6.45) is 0.778. The van der Waals surface area contributed by atoms with E-state index in [1.54, 1.807) is 18.2 Å². The van der Waals surface area contributed by atoms with Gasteiger partial charge in [-0.2, -0.15) is 0 Å². The van der Waals surface area contributed by atoms with E-state index in [-0.39, 0.29) is 24.0 Å². The fraction of sp³-hybridized carbons (Fsp3) is 0.333. The van der Waals surface area contributed by atoms with Crippen molar-refractivity contribution >= 4 is 29.2 Å². The van der Waals surface area contributed by atoms with Crippen LogP contribution in [-0.4, -0.2) is 25.5 Å². The number of nitrogens with one attached hydrogen (secondary N) is 1. The number of amides is 1. The number of anilines is 1. The highest BCUT2D eigenvalue weighted by Gasteiger charge is 2.11. The average Bonchev–Trinajstić information content (AvgIpc) is 2.37. The number of carbonyl (C=O) groups excluding carboxylic acids is 2.